The Morgan fingerprint density at radius 3 is 2.63 bits per heavy atom. The summed E-state index contributed by atoms with van der Waals surface area (Å²) >= 11 is 3.15. The highest BCUT2D eigenvalue weighted by atomic mass is 79.9. The molecule has 0 aliphatic heterocycles. The van der Waals surface area contributed by atoms with E-state index in [9.17, 15) is 13.2 Å². The Labute approximate surface area is 120 Å². The summed E-state index contributed by atoms with van der Waals surface area (Å²) in [6.45, 7) is 0.486. The molecule has 0 spiro atoms. The van der Waals surface area contributed by atoms with Gasteiger partial charge in [0.2, 0.25) is 0 Å². The van der Waals surface area contributed by atoms with Crippen molar-refractivity contribution < 1.29 is 23.1 Å². The van der Waals surface area contributed by atoms with Crippen LogP contribution >= 0.6 is 15.9 Å². The third-order valence-corrected chi connectivity index (χ3v) is 4.85. The van der Waals surface area contributed by atoms with Crippen molar-refractivity contribution in [1.82, 2.24) is 0 Å². The third kappa shape index (κ3) is 4.59. The molecule has 19 heavy (non-hydrogen) atoms. The molecule has 0 amide bonds. The first-order valence-corrected chi connectivity index (χ1v) is 8.07. The number of hydrogen-bond acceptors (Lipinski definition) is 4. The number of aromatic carboxylic acids is 1. The second kappa shape index (κ2) is 7.02. The minimum absolute atomic E-state index is 0.0902. The Bertz CT molecular complexity index is 553. The molecule has 0 fully saturated rings. The summed E-state index contributed by atoms with van der Waals surface area (Å²) in [5.41, 5.74) is -0.199. The summed E-state index contributed by atoms with van der Waals surface area (Å²) in [5, 5.41) is 9.03. The van der Waals surface area contributed by atoms with Crippen molar-refractivity contribution in [3.8, 4) is 0 Å². The Hall–Kier alpha value is -0.920. The topological polar surface area (TPSA) is 80.7 Å². The lowest BCUT2D eigenvalue weighted by Gasteiger charge is -2.08. The number of unbranched alkanes of at least 4 members (excludes halogenated alkanes) is 1. The Morgan fingerprint density at radius 2 is 2.05 bits per heavy atom. The number of benzene rings is 1. The van der Waals surface area contributed by atoms with Crippen LogP contribution < -0.4 is 0 Å². The van der Waals surface area contributed by atoms with Crippen LogP contribution in [-0.4, -0.2) is 39.0 Å². The van der Waals surface area contributed by atoms with Gasteiger partial charge in [0, 0.05) is 18.2 Å². The molecule has 0 unspecified atom stereocenters. The normalized spacial score (nSPS) is 11.5. The van der Waals surface area contributed by atoms with E-state index in [-0.39, 0.29) is 16.2 Å². The Balaban J connectivity index is 3.00. The third-order valence-electron chi connectivity index (χ3n) is 2.52. The van der Waals surface area contributed by atoms with E-state index in [1.807, 2.05) is 0 Å². The SMILES string of the molecule is COCCCCS(=O)(=O)c1cc(Br)ccc1C(=O)O. The fourth-order valence-corrected chi connectivity index (χ4v) is 3.69. The average molecular weight is 351 g/mol. The molecule has 1 N–H and O–H groups in total. The van der Waals surface area contributed by atoms with Gasteiger partial charge in [-0.3, -0.25) is 0 Å². The average Bonchev–Trinajstić information content (AvgIpc) is 2.34. The molecule has 0 heterocycles. The fourth-order valence-electron chi connectivity index (χ4n) is 1.58. The van der Waals surface area contributed by atoms with E-state index >= 15 is 0 Å². The van der Waals surface area contributed by atoms with Gasteiger partial charge in [-0.15, -0.1) is 0 Å². The van der Waals surface area contributed by atoms with Gasteiger partial charge in [-0.25, -0.2) is 13.2 Å². The molecule has 0 bridgehead atoms. The van der Waals surface area contributed by atoms with Crippen molar-refractivity contribution in [3.63, 3.8) is 0 Å². The molecule has 0 saturated carbocycles. The first kappa shape index (κ1) is 16.1. The standard InChI is InChI=1S/C12H15BrO5S/c1-18-6-2-3-7-19(16,17)11-8-9(13)4-5-10(11)12(14)15/h4-5,8H,2-3,6-7H2,1H3,(H,14,15). The van der Waals surface area contributed by atoms with Crippen LogP contribution in [0.4, 0.5) is 0 Å². The van der Waals surface area contributed by atoms with Crippen molar-refractivity contribution in [2.45, 2.75) is 17.7 Å². The second-order valence-electron chi connectivity index (χ2n) is 3.96. The van der Waals surface area contributed by atoms with E-state index in [4.69, 9.17) is 9.84 Å². The zero-order valence-electron chi connectivity index (χ0n) is 10.4. The van der Waals surface area contributed by atoms with E-state index in [0.29, 0.717) is 23.9 Å². The molecule has 0 saturated heterocycles. The molecule has 0 radical (unpaired) electrons. The molecule has 1 aromatic carbocycles. The smallest absolute Gasteiger partial charge is 0.337 e. The largest absolute Gasteiger partial charge is 0.478 e. The quantitative estimate of drug-likeness (QED) is 0.763. The van der Waals surface area contributed by atoms with Crippen molar-refractivity contribution >= 4 is 31.7 Å². The minimum Gasteiger partial charge on any atom is -0.478 e. The lowest BCUT2D eigenvalue weighted by atomic mass is 10.2. The first-order chi connectivity index (χ1) is 8.88. The van der Waals surface area contributed by atoms with Gasteiger partial charge < -0.3 is 9.84 Å². The van der Waals surface area contributed by atoms with Crippen LogP contribution in [0.5, 0.6) is 0 Å². The summed E-state index contributed by atoms with van der Waals surface area (Å²) in [6, 6.07) is 4.12. The van der Waals surface area contributed by atoms with Crippen LogP contribution in [0.15, 0.2) is 27.6 Å². The van der Waals surface area contributed by atoms with Gasteiger partial charge >= 0.3 is 5.97 Å². The summed E-state index contributed by atoms with van der Waals surface area (Å²) in [7, 11) is -2.06. The number of rotatable bonds is 7. The van der Waals surface area contributed by atoms with Crippen LogP contribution in [-0.2, 0) is 14.6 Å². The van der Waals surface area contributed by atoms with Crippen molar-refractivity contribution in [3.05, 3.63) is 28.2 Å². The number of halogens is 1. The minimum atomic E-state index is -3.61. The summed E-state index contributed by atoms with van der Waals surface area (Å²) in [4.78, 5) is 10.9. The molecule has 0 aliphatic carbocycles. The molecule has 1 rings (SSSR count). The van der Waals surface area contributed by atoms with Gasteiger partial charge in [-0.2, -0.15) is 0 Å². The van der Waals surface area contributed by atoms with Gasteiger partial charge in [0.05, 0.1) is 16.2 Å². The van der Waals surface area contributed by atoms with Gasteiger partial charge in [-0.1, -0.05) is 15.9 Å². The van der Waals surface area contributed by atoms with Crippen molar-refractivity contribution in [2.24, 2.45) is 0 Å². The van der Waals surface area contributed by atoms with E-state index in [1.165, 1.54) is 18.2 Å². The Kier molecular flexibility index (Phi) is 5.96. The van der Waals surface area contributed by atoms with Crippen LogP contribution in [0.2, 0.25) is 0 Å². The van der Waals surface area contributed by atoms with Crippen LogP contribution in [0.1, 0.15) is 23.2 Å². The van der Waals surface area contributed by atoms with Gasteiger partial charge in [0.15, 0.2) is 9.84 Å². The summed E-state index contributed by atoms with van der Waals surface area (Å²) in [5.74, 6) is -1.34. The van der Waals surface area contributed by atoms with Crippen LogP contribution in [0.3, 0.4) is 0 Å². The maximum Gasteiger partial charge on any atom is 0.337 e. The molecule has 106 valence electrons. The number of hydrogen-bond donors (Lipinski definition) is 1. The second-order valence-corrected chi connectivity index (χ2v) is 6.96. The van der Waals surface area contributed by atoms with E-state index in [0.717, 1.165) is 0 Å². The molecule has 0 aromatic heterocycles. The Morgan fingerprint density at radius 1 is 1.37 bits per heavy atom. The number of methoxy groups -OCH3 is 1. The molecular formula is C12H15BrO5S. The van der Waals surface area contributed by atoms with E-state index < -0.39 is 15.8 Å². The highest BCUT2D eigenvalue weighted by molar-refractivity contribution is 9.10. The lowest BCUT2D eigenvalue weighted by Crippen LogP contribution is -2.13. The number of carbonyl (C=O) groups is 1. The van der Waals surface area contributed by atoms with Gasteiger partial charge in [0.1, 0.15) is 0 Å². The maximum absolute atomic E-state index is 12.1. The van der Waals surface area contributed by atoms with Crippen molar-refractivity contribution in [2.75, 3.05) is 19.5 Å². The van der Waals surface area contributed by atoms with Crippen LogP contribution in [0.25, 0.3) is 0 Å². The molecule has 0 aliphatic rings. The molecule has 1 aromatic rings. The molecule has 0 atom stereocenters. The highest BCUT2D eigenvalue weighted by Crippen LogP contribution is 2.23. The van der Waals surface area contributed by atoms with E-state index in [2.05, 4.69) is 15.9 Å². The molecule has 7 heteroatoms. The number of carboxylic acid groups (broad SMARTS) is 1. The summed E-state index contributed by atoms with van der Waals surface area (Å²) in [6.07, 6.45) is 1.05. The van der Waals surface area contributed by atoms with Gasteiger partial charge in [-0.05, 0) is 31.0 Å². The zero-order valence-corrected chi connectivity index (χ0v) is 12.8. The molecular weight excluding hydrogens is 336 g/mol. The number of ether oxygens (including phenoxy) is 1. The van der Waals surface area contributed by atoms with Gasteiger partial charge in [0.25, 0.3) is 0 Å². The zero-order chi connectivity index (χ0) is 14.5. The van der Waals surface area contributed by atoms with E-state index in [1.54, 1.807) is 7.11 Å². The number of carboxylic acids is 1. The fraction of sp³-hybridized carbons (Fsp3) is 0.417. The predicted molar refractivity (Wildman–Crippen MR) is 74.3 cm³/mol. The number of sulfone groups is 1. The first-order valence-electron chi connectivity index (χ1n) is 5.63. The lowest BCUT2D eigenvalue weighted by molar-refractivity contribution is 0.0692. The molecule has 5 nitrogen and oxygen atoms in total. The monoisotopic (exact) mass is 350 g/mol. The van der Waals surface area contributed by atoms with Crippen LogP contribution in [0, 0.1) is 0 Å². The summed E-state index contributed by atoms with van der Waals surface area (Å²) < 4.78 is 29.7. The predicted octanol–water partition coefficient (Wildman–Crippen LogP) is 2.35. The maximum atomic E-state index is 12.1. The van der Waals surface area contributed by atoms with Crippen molar-refractivity contribution in [1.29, 1.82) is 0 Å². The highest BCUT2D eigenvalue weighted by Gasteiger charge is 2.22.